The lowest BCUT2D eigenvalue weighted by Gasteiger charge is -2.37. The summed E-state index contributed by atoms with van der Waals surface area (Å²) >= 11 is 1.41. The summed E-state index contributed by atoms with van der Waals surface area (Å²) in [7, 11) is 0. The second-order valence-electron chi connectivity index (χ2n) is 9.16. The molecule has 0 bridgehead atoms. The van der Waals surface area contributed by atoms with Gasteiger partial charge < -0.3 is 14.2 Å². The lowest BCUT2D eigenvalue weighted by Crippen LogP contribution is -2.43. The maximum Gasteiger partial charge on any atom is 0.416 e. The summed E-state index contributed by atoms with van der Waals surface area (Å²) in [6, 6.07) is 16.4. The number of imidazole rings is 1. The van der Waals surface area contributed by atoms with Crippen molar-refractivity contribution in [3.8, 4) is 5.69 Å². The number of aromatic nitrogens is 4. The number of carbonyl (C=O) groups is 1. The summed E-state index contributed by atoms with van der Waals surface area (Å²) in [5.74, 6) is 0.127. The van der Waals surface area contributed by atoms with Crippen LogP contribution in [0.3, 0.4) is 0 Å². The number of thioether (sulfide) groups is 1. The molecule has 1 fully saturated rings. The molecule has 39 heavy (non-hydrogen) atoms. The van der Waals surface area contributed by atoms with Crippen molar-refractivity contribution < 1.29 is 22.7 Å². The van der Waals surface area contributed by atoms with Crippen LogP contribution in [0.1, 0.15) is 40.9 Å². The molecule has 3 heterocycles. The number of carbonyl (C=O) groups excluding carboxylic acids is 1. The predicted octanol–water partition coefficient (Wildman–Crippen LogP) is 6.31. The summed E-state index contributed by atoms with van der Waals surface area (Å²) in [4.78, 5) is 28.2. The fourth-order valence-electron chi connectivity index (χ4n) is 4.84. The molecule has 5 rings (SSSR count). The third kappa shape index (κ3) is 6.08. The highest BCUT2D eigenvalue weighted by atomic mass is 32.2. The molecule has 1 aliphatic rings. The van der Waals surface area contributed by atoms with Crippen molar-refractivity contribution in [1.29, 1.82) is 0 Å². The molecule has 0 spiro atoms. The van der Waals surface area contributed by atoms with E-state index in [9.17, 15) is 18.0 Å². The summed E-state index contributed by atoms with van der Waals surface area (Å²) in [6.07, 6.45) is 2.44. The molecule has 2 unspecified atom stereocenters. The zero-order valence-electron chi connectivity index (χ0n) is 21.1. The van der Waals surface area contributed by atoms with Gasteiger partial charge in [-0.05, 0) is 42.5 Å². The van der Waals surface area contributed by atoms with Crippen LogP contribution < -0.4 is 0 Å². The number of benzene rings is 2. The Kier molecular flexibility index (Phi) is 7.87. The van der Waals surface area contributed by atoms with E-state index >= 15 is 0 Å². The van der Waals surface area contributed by atoms with Gasteiger partial charge in [0, 0.05) is 49.2 Å². The smallest absolute Gasteiger partial charge is 0.416 e. The minimum Gasteiger partial charge on any atom is -0.445 e. The van der Waals surface area contributed by atoms with Crippen molar-refractivity contribution in [3.63, 3.8) is 0 Å². The molecular formula is C28H26F3N5O2S. The number of ether oxygens (including phenoxy) is 1. The second kappa shape index (κ2) is 11.5. The second-order valence-corrected chi connectivity index (χ2v) is 9.93. The van der Waals surface area contributed by atoms with E-state index in [4.69, 9.17) is 9.72 Å². The summed E-state index contributed by atoms with van der Waals surface area (Å²) < 4.78 is 47.5. The highest BCUT2D eigenvalue weighted by Gasteiger charge is 2.38. The normalized spacial score (nSPS) is 17.7. The van der Waals surface area contributed by atoms with E-state index < -0.39 is 17.8 Å². The molecule has 11 heteroatoms. The van der Waals surface area contributed by atoms with Crippen LogP contribution in [0, 0.1) is 0 Å². The van der Waals surface area contributed by atoms with Crippen LogP contribution in [0.2, 0.25) is 0 Å². The molecule has 1 aliphatic heterocycles. The summed E-state index contributed by atoms with van der Waals surface area (Å²) in [6.45, 7) is 0.887. The topological polar surface area (TPSA) is 73.1 Å². The minimum atomic E-state index is -4.46. The van der Waals surface area contributed by atoms with Crippen molar-refractivity contribution in [1.82, 2.24) is 24.4 Å². The van der Waals surface area contributed by atoms with Gasteiger partial charge in [0.25, 0.3) is 0 Å². The minimum absolute atomic E-state index is 0.161. The van der Waals surface area contributed by atoms with Gasteiger partial charge in [0.1, 0.15) is 12.4 Å². The molecule has 2 atom stereocenters. The van der Waals surface area contributed by atoms with Crippen LogP contribution in [0.4, 0.5) is 18.0 Å². The largest absolute Gasteiger partial charge is 0.445 e. The standard InChI is InChI=1S/C28H26F3N5O2S/c1-39-26-33-12-10-24(34-26)23-17-35(27(37)38-18-19-6-3-2-4-7-19)14-11-22(23)25-32-13-15-36(25)21-9-5-8-20(16-21)28(29,30)31/h2-10,12-13,15-16,22-23H,11,14,17-18H2,1H3. The van der Waals surface area contributed by atoms with Gasteiger partial charge in [-0.15, -0.1) is 0 Å². The van der Waals surface area contributed by atoms with E-state index in [1.807, 2.05) is 42.7 Å². The van der Waals surface area contributed by atoms with Gasteiger partial charge in [-0.25, -0.2) is 19.7 Å². The molecule has 2 aromatic carbocycles. The Morgan fingerprint density at radius 3 is 2.64 bits per heavy atom. The maximum atomic E-state index is 13.4. The van der Waals surface area contributed by atoms with Gasteiger partial charge in [-0.3, -0.25) is 0 Å². The van der Waals surface area contributed by atoms with Crippen molar-refractivity contribution in [2.75, 3.05) is 19.3 Å². The molecule has 0 radical (unpaired) electrons. The van der Waals surface area contributed by atoms with Gasteiger partial charge in [-0.1, -0.05) is 48.2 Å². The average Bonchev–Trinajstić information content (AvgIpc) is 3.46. The molecular weight excluding hydrogens is 527 g/mol. The number of hydrogen-bond acceptors (Lipinski definition) is 6. The Morgan fingerprint density at radius 1 is 1.05 bits per heavy atom. The Balaban J connectivity index is 1.44. The molecule has 7 nitrogen and oxygen atoms in total. The van der Waals surface area contributed by atoms with E-state index in [0.29, 0.717) is 36.2 Å². The van der Waals surface area contributed by atoms with Crippen LogP contribution in [0.15, 0.2) is 84.4 Å². The lowest BCUT2D eigenvalue weighted by molar-refractivity contribution is -0.137. The van der Waals surface area contributed by atoms with Crippen molar-refractivity contribution in [2.24, 2.45) is 0 Å². The molecule has 202 valence electrons. The Hall–Kier alpha value is -3.86. The molecule has 2 aromatic heterocycles. The van der Waals surface area contributed by atoms with E-state index in [1.54, 1.807) is 34.1 Å². The number of rotatable bonds is 6. The number of piperidine rings is 1. The number of hydrogen-bond donors (Lipinski definition) is 0. The maximum absolute atomic E-state index is 13.4. The molecule has 0 N–H and O–H groups in total. The third-order valence-corrected chi connectivity index (χ3v) is 7.31. The Bertz CT molecular complexity index is 1430. The highest BCUT2D eigenvalue weighted by Crippen LogP contribution is 2.40. The number of halogens is 3. The first kappa shape index (κ1) is 26.7. The quantitative estimate of drug-likeness (QED) is 0.206. The highest BCUT2D eigenvalue weighted by molar-refractivity contribution is 7.98. The van der Waals surface area contributed by atoms with E-state index in [2.05, 4.69) is 9.97 Å². The van der Waals surface area contributed by atoms with Gasteiger partial charge in [-0.2, -0.15) is 13.2 Å². The monoisotopic (exact) mass is 553 g/mol. The number of alkyl halides is 3. The predicted molar refractivity (Wildman–Crippen MR) is 141 cm³/mol. The molecule has 0 saturated carbocycles. The van der Waals surface area contributed by atoms with Crippen LogP contribution in [-0.2, 0) is 17.5 Å². The van der Waals surface area contributed by atoms with E-state index in [0.717, 1.165) is 23.4 Å². The molecule has 0 aliphatic carbocycles. The lowest BCUT2D eigenvalue weighted by atomic mass is 9.82. The summed E-state index contributed by atoms with van der Waals surface area (Å²) in [5.41, 5.74) is 1.26. The van der Waals surface area contributed by atoms with E-state index in [-0.39, 0.29) is 18.4 Å². The van der Waals surface area contributed by atoms with Gasteiger partial charge in [0.2, 0.25) is 0 Å². The Labute approximate surface area is 228 Å². The van der Waals surface area contributed by atoms with Crippen molar-refractivity contribution in [2.45, 2.75) is 36.2 Å². The van der Waals surface area contributed by atoms with Crippen LogP contribution in [0.25, 0.3) is 5.69 Å². The van der Waals surface area contributed by atoms with Crippen LogP contribution in [-0.4, -0.2) is 49.9 Å². The molecule has 1 saturated heterocycles. The fourth-order valence-corrected chi connectivity index (χ4v) is 5.20. The van der Waals surface area contributed by atoms with Crippen molar-refractivity contribution in [3.05, 3.63) is 102 Å². The summed E-state index contributed by atoms with van der Waals surface area (Å²) in [5, 5.41) is 0.594. The van der Waals surface area contributed by atoms with Gasteiger partial charge in [0.05, 0.1) is 11.3 Å². The van der Waals surface area contributed by atoms with Gasteiger partial charge in [0.15, 0.2) is 5.16 Å². The van der Waals surface area contributed by atoms with Crippen LogP contribution >= 0.6 is 11.8 Å². The van der Waals surface area contributed by atoms with Crippen molar-refractivity contribution >= 4 is 17.9 Å². The zero-order valence-corrected chi connectivity index (χ0v) is 21.9. The third-order valence-electron chi connectivity index (χ3n) is 6.75. The first-order valence-electron chi connectivity index (χ1n) is 12.4. The van der Waals surface area contributed by atoms with Crippen LogP contribution in [0.5, 0.6) is 0 Å². The number of likely N-dealkylation sites (tertiary alicyclic amines) is 1. The fraction of sp³-hybridized carbons (Fsp3) is 0.286. The molecule has 4 aromatic rings. The first-order valence-corrected chi connectivity index (χ1v) is 13.6. The van der Waals surface area contributed by atoms with E-state index in [1.165, 1.54) is 17.8 Å². The first-order chi connectivity index (χ1) is 18.8. The Morgan fingerprint density at radius 2 is 1.87 bits per heavy atom. The number of amides is 1. The SMILES string of the molecule is CSc1nccc(C2CN(C(=O)OCc3ccccc3)CCC2c2nccn2-c2cccc(C(F)(F)F)c2)n1. The molecule has 1 amide bonds. The average molecular weight is 554 g/mol. The number of nitrogens with zero attached hydrogens (tertiary/aromatic N) is 5. The zero-order chi connectivity index (χ0) is 27.4. The van der Waals surface area contributed by atoms with Gasteiger partial charge >= 0.3 is 12.3 Å².